The number of benzene rings is 1. The number of rotatable bonds is 5. The molecule has 132 valence electrons. The van der Waals surface area contributed by atoms with Crippen LogP contribution in [-0.4, -0.2) is 50.3 Å². The van der Waals surface area contributed by atoms with Gasteiger partial charge >= 0.3 is 0 Å². The zero-order chi connectivity index (χ0) is 17.5. The summed E-state index contributed by atoms with van der Waals surface area (Å²) in [6.45, 7) is 5.67. The minimum absolute atomic E-state index is 0.130. The van der Waals surface area contributed by atoms with Crippen LogP contribution in [0.2, 0.25) is 0 Å². The summed E-state index contributed by atoms with van der Waals surface area (Å²) in [5, 5.41) is 0. The molecule has 0 aromatic heterocycles. The number of halogens is 1. The maximum Gasteiger partial charge on any atom is 0.293 e. The maximum absolute atomic E-state index is 11.9. The van der Waals surface area contributed by atoms with Crippen molar-refractivity contribution in [3.05, 3.63) is 28.7 Å². The van der Waals surface area contributed by atoms with E-state index in [0.717, 1.165) is 22.5 Å². The van der Waals surface area contributed by atoms with E-state index in [4.69, 9.17) is 9.47 Å². The minimum atomic E-state index is -0.412. The number of hydrazine groups is 1. The van der Waals surface area contributed by atoms with Gasteiger partial charge in [0.25, 0.3) is 11.8 Å². The summed E-state index contributed by atoms with van der Waals surface area (Å²) in [5.74, 6) is -0.0614. The van der Waals surface area contributed by atoms with E-state index in [9.17, 15) is 9.59 Å². The number of amides is 2. The highest BCUT2D eigenvalue weighted by Gasteiger charge is 2.27. The molecule has 1 aromatic rings. The molecule has 1 fully saturated rings. The fraction of sp³-hybridized carbons (Fsp3) is 0.500. The maximum atomic E-state index is 11.9. The highest BCUT2D eigenvalue weighted by Crippen LogP contribution is 2.15. The fourth-order valence-electron chi connectivity index (χ4n) is 2.66. The van der Waals surface area contributed by atoms with Gasteiger partial charge < -0.3 is 14.4 Å². The summed E-state index contributed by atoms with van der Waals surface area (Å²) in [7, 11) is 0. The van der Waals surface area contributed by atoms with Gasteiger partial charge in [-0.05, 0) is 38.1 Å². The van der Waals surface area contributed by atoms with Crippen molar-refractivity contribution in [3.63, 3.8) is 0 Å². The predicted octanol–water partition coefficient (Wildman–Crippen LogP) is -0.333. The van der Waals surface area contributed by atoms with Crippen molar-refractivity contribution < 1.29 is 24.0 Å². The molecule has 0 aliphatic carbocycles. The average Bonchev–Trinajstić information content (AvgIpc) is 2.51. The van der Waals surface area contributed by atoms with E-state index >= 15 is 0 Å². The quantitative estimate of drug-likeness (QED) is 0.591. The Kier molecular flexibility index (Phi) is 7.01. The molecule has 2 amide bonds. The number of carbonyl (C=O) groups excluding carboxylic acids is 2. The van der Waals surface area contributed by atoms with Crippen molar-refractivity contribution >= 4 is 27.7 Å². The highest BCUT2D eigenvalue weighted by molar-refractivity contribution is 9.10. The van der Waals surface area contributed by atoms with Gasteiger partial charge in [0.2, 0.25) is 0 Å². The zero-order valence-electron chi connectivity index (χ0n) is 13.8. The molecule has 1 aliphatic rings. The van der Waals surface area contributed by atoms with Crippen LogP contribution in [0.15, 0.2) is 28.7 Å². The topological polar surface area (TPSA) is 81.1 Å². The summed E-state index contributed by atoms with van der Waals surface area (Å²) in [6, 6.07) is 7.14. The monoisotopic (exact) mass is 400 g/mol. The van der Waals surface area contributed by atoms with Gasteiger partial charge in [-0.2, -0.15) is 0 Å². The van der Waals surface area contributed by atoms with Crippen LogP contribution in [0.4, 0.5) is 0 Å². The Bertz CT molecular complexity index is 557. The standard InChI is InChI=1S/C16H22BrN3O4/c1-11-7-20(8-12(2)24-11)9-15(21)18-19-16(22)10-23-14-5-3-13(17)4-6-14/h3-6,11-12H,7-10H2,1-2H3,(H,18,21)(H,19,22)/p+1/t11-,12-/m1/s1. The summed E-state index contributed by atoms with van der Waals surface area (Å²) in [6.07, 6.45) is 0.260. The van der Waals surface area contributed by atoms with E-state index in [1.165, 1.54) is 0 Å². The van der Waals surface area contributed by atoms with Gasteiger partial charge in [0.05, 0.1) is 0 Å². The molecule has 1 saturated heterocycles. The van der Waals surface area contributed by atoms with Crippen LogP contribution in [0, 0.1) is 0 Å². The van der Waals surface area contributed by atoms with Crippen LogP contribution in [0.25, 0.3) is 0 Å². The molecule has 2 rings (SSSR count). The van der Waals surface area contributed by atoms with Gasteiger partial charge in [0, 0.05) is 4.47 Å². The van der Waals surface area contributed by atoms with Crippen molar-refractivity contribution in [2.24, 2.45) is 0 Å². The Morgan fingerprint density at radius 2 is 1.75 bits per heavy atom. The second-order valence-electron chi connectivity index (χ2n) is 5.93. The largest absolute Gasteiger partial charge is 0.484 e. The molecule has 0 saturated carbocycles. The van der Waals surface area contributed by atoms with Crippen molar-refractivity contribution in [2.45, 2.75) is 26.1 Å². The van der Waals surface area contributed by atoms with Crippen molar-refractivity contribution in [1.82, 2.24) is 10.9 Å². The zero-order valence-corrected chi connectivity index (χ0v) is 15.4. The summed E-state index contributed by atoms with van der Waals surface area (Å²) >= 11 is 3.32. The van der Waals surface area contributed by atoms with Crippen molar-refractivity contribution in [2.75, 3.05) is 26.2 Å². The average molecular weight is 401 g/mol. The number of morpholine rings is 1. The predicted molar refractivity (Wildman–Crippen MR) is 91.5 cm³/mol. The number of hydrogen-bond acceptors (Lipinski definition) is 4. The van der Waals surface area contributed by atoms with E-state index in [1.807, 2.05) is 26.0 Å². The fourth-order valence-corrected chi connectivity index (χ4v) is 2.92. The molecule has 7 nitrogen and oxygen atoms in total. The molecular weight excluding hydrogens is 378 g/mol. The Morgan fingerprint density at radius 3 is 2.38 bits per heavy atom. The van der Waals surface area contributed by atoms with Crippen LogP contribution in [-0.2, 0) is 14.3 Å². The molecule has 8 heteroatoms. The number of quaternary nitrogens is 1. The van der Waals surface area contributed by atoms with Gasteiger partial charge in [-0.25, -0.2) is 0 Å². The number of ether oxygens (including phenoxy) is 2. The molecule has 0 bridgehead atoms. The first-order valence-corrected chi connectivity index (χ1v) is 8.66. The van der Waals surface area contributed by atoms with Crippen molar-refractivity contribution in [1.29, 1.82) is 0 Å². The van der Waals surface area contributed by atoms with Crippen LogP contribution in [0.1, 0.15) is 13.8 Å². The van der Waals surface area contributed by atoms with E-state index in [2.05, 4.69) is 26.8 Å². The van der Waals surface area contributed by atoms with Gasteiger partial charge in [-0.3, -0.25) is 20.4 Å². The lowest BCUT2D eigenvalue weighted by atomic mass is 10.2. The second-order valence-corrected chi connectivity index (χ2v) is 6.85. The van der Waals surface area contributed by atoms with E-state index in [-0.39, 0.29) is 24.7 Å². The minimum Gasteiger partial charge on any atom is -0.484 e. The first-order valence-electron chi connectivity index (χ1n) is 7.87. The third kappa shape index (κ3) is 6.46. The smallest absolute Gasteiger partial charge is 0.293 e. The third-order valence-corrected chi connectivity index (χ3v) is 4.08. The molecule has 24 heavy (non-hydrogen) atoms. The van der Waals surface area contributed by atoms with Gasteiger partial charge in [-0.15, -0.1) is 0 Å². The molecule has 1 aromatic carbocycles. The van der Waals surface area contributed by atoms with Crippen LogP contribution >= 0.6 is 15.9 Å². The first kappa shape index (κ1) is 18.7. The van der Waals surface area contributed by atoms with Crippen LogP contribution in [0.5, 0.6) is 5.75 Å². The summed E-state index contributed by atoms with van der Waals surface area (Å²) < 4.78 is 11.9. The lowest BCUT2D eigenvalue weighted by Gasteiger charge is -2.31. The van der Waals surface area contributed by atoms with Crippen LogP contribution < -0.4 is 20.5 Å². The lowest BCUT2D eigenvalue weighted by molar-refractivity contribution is -0.907. The Hall–Kier alpha value is -1.64. The van der Waals surface area contributed by atoms with E-state index in [1.54, 1.807) is 12.1 Å². The molecule has 2 atom stereocenters. The normalized spacial score (nSPS) is 23.4. The van der Waals surface area contributed by atoms with Crippen LogP contribution in [0.3, 0.4) is 0 Å². The number of carbonyl (C=O) groups is 2. The molecule has 0 radical (unpaired) electrons. The molecular formula is C16H23BrN3O4+. The van der Waals surface area contributed by atoms with E-state index < -0.39 is 5.91 Å². The molecule has 3 N–H and O–H groups in total. The Morgan fingerprint density at radius 1 is 1.17 bits per heavy atom. The first-order chi connectivity index (χ1) is 11.4. The lowest BCUT2D eigenvalue weighted by Crippen LogP contribution is -3.16. The Balaban J connectivity index is 1.65. The van der Waals surface area contributed by atoms with Gasteiger partial charge in [0.15, 0.2) is 13.2 Å². The molecule has 0 spiro atoms. The molecule has 1 heterocycles. The van der Waals surface area contributed by atoms with E-state index in [0.29, 0.717) is 12.3 Å². The highest BCUT2D eigenvalue weighted by atomic mass is 79.9. The summed E-state index contributed by atoms with van der Waals surface area (Å²) in [5.41, 5.74) is 4.78. The SMILES string of the molecule is C[C@@H]1C[NH+](CC(=O)NNC(=O)COc2ccc(Br)cc2)C[C@@H](C)O1. The van der Waals surface area contributed by atoms with Crippen molar-refractivity contribution in [3.8, 4) is 5.75 Å². The number of nitrogens with one attached hydrogen (secondary N) is 3. The second kappa shape index (κ2) is 9.00. The number of hydrogen-bond donors (Lipinski definition) is 3. The molecule has 0 unspecified atom stereocenters. The Labute approximate surface area is 149 Å². The summed E-state index contributed by atoms with van der Waals surface area (Å²) in [4.78, 5) is 24.7. The van der Waals surface area contributed by atoms with Gasteiger partial charge in [-0.1, -0.05) is 15.9 Å². The van der Waals surface area contributed by atoms with Gasteiger partial charge in [0.1, 0.15) is 31.0 Å². The molecule has 1 aliphatic heterocycles. The third-order valence-electron chi connectivity index (χ3n) is 3.55.